The summed E-state index contributed by atoms with van der Waals surface area (Å²) in [6.07, 6.45) is 0. The van der Waals surface area contributed by atoms with Gasteiger partial charge in [0.2, 0.25) is 0 Å². The van der Waals surface area contributed by atoms with E-state index in [0.717, 1.165) is 0 Å². The van der Waals surface area contributed by atoms with Gasteiger partial charge in [-0.3, -0.25) is 13.7 Å². The fraction of sp³-hybridized carbons (Fsp3) is 0. The molecule has 0 amide bonds. The van der Waals surface area contributed by atoms with Crippen LogP contribution in [0.2, 0.25) is 0 Å². The van der Waals surface area contributed by atoms with Gasteiger partial charge in [0.25, 0.3) is 0 Å². The standard InChI is InChI=1S/H3NO3S.H2O4S/c2*1-5(2,3)4/h(H3,1,2,3,4);(H2,1,2,3,4). The van der Waals surface area contributed by atoms with Crippen LogP contribution in [0.3, 0.4) is 0 Å². The average molecular weight is 195 g/mol. The molecule has 10 heteroatoms. The van der Waals surface area contributed by atoms with Gasteiger partial charge in [-0.25, -0.2) is 5.14 Å². The fourth-order valence-electron chi connectivity index (χ4n) is 0. The summed E-state index contributed by atoms with van der Waals surface area (Å²) in [6.45, 7) is 0. The largest absolute Gasteiger partial charge is 0.394 e. The Balaban J connectivity index is 0. The molecule has 0 aromatic carbocycles. The summed E-state index contributed by atoms with van der Waals surface area (Å²) in [4.78, 5) is 0. The van der Waals surface area contributed by atoms with Crippen molar-refractivity contribution in [3.63, 3.8) is 0 Å². The van der Waals surface area contributed by atoms with Crippen molar-refractivity contribution in [1.82, 2.24) is 0 Å². The summed E-state index contributed by atoms with van der Waals surface area (Å²) < 4.78 is 56.8. The van der Waals surface area contributed by atoms with Crippen LogP contribution in [0.5, 0.6) is 0 Å². The normalized spacial score (nSPS) is 11.6. The zero-order valence-corrected chi connectivity index (χ0v) is 6.00. The van der Waals surface area contributed by atoms with E-state index in [4.69, 9.17) is 30.5 Å². The van der Waals surface area contributed by atoms with Crippen molar-refractivity contribution in [2.45, 2.75) is 0 Å². The van der Waals surface area contributed by atoms with Crippen molar-refractivity contribution in [2.24, 2.45) is 5.14 Å². The molecular formula is H5NO7S2. The van der Waals surface area contributed by atoms with Crippen LogP contribution in [0, 0.1) is 0 Å². The number of hydrogen-bond donors (Lipinski definition) is 4. The first-order chi connectivity index (χ1) is 4.00. The van der Waals surface area contributed by atoms with Crippen LogP contribution in [0.4, 0.5) is 0 Å². The first kappa shape index (κ1) is 12.4. The number of hydrogen-bond acceptors (Lipinski definition) is 4. The highest BCUT2D eigenvalue weighted by Gasteiger charge is 1.84. The van der Waals surface area contributed by atoms with Crippen LogP contribution >= 0.6 is 0 Å². The first-order valence-electron chi connectivity index (χ1n) is 1.45. The highest BCUT2D eigenvalue weighted by molar-refractivity contribution is 7.83. The SMILES string of the molecule is NS(=O)(=O)O.O=S(=O)(O)O. The molecule has 0 fully saturated rings. The third-order valence-electron chi connectivity index (χ3n) is 0. The third kappa shape index (κ3) is 5200. The van der Waals surface area contributed by atoms with Gasteiger partial charge in [-0.2, -0.15) is 16.8 Å². The Bertz CT molecular complexity index is 208. The molecule has 0 aromatic rings. The molecule has 0 aliphatic carbocycles. The summed E-state index contributed by atoms with van der Waals surface area (Å²) in [6, 6.07) is 0. The van der Waals surface area contributed by atoms with Crippen LogP contribution < -0.4 is 5.14 Å². The van der Waals surface area contributed by atoms with E-state index in [9.17, 15) is 0 Å². The van der Waals surface area contributed by atoms with Gasteiger partial charge in [-0.15, -0.1) is 0 Å². The zero-order valence-electron chi connectivity index (χ0n) is 4.37. The Labute approximate surface area is 57.1 Å². The van der Waals surface area contributed by atoms with Crippen LogP contribution in [0.25, 0.3) is 0 Å². The maximum absolute atomic E-state index is 8.97. The van der Waals surface area contributed by atoms with Crippen LogP contribution in [-0.4, -0.2) is 30.5 Å². The molecule has 0 spiro atoms. The molecule has 0 aliphatic rings. The topological polar surface area (TPSA) is 155 Å². The van der Waals surface area contributed by atoms with Gasteiger partial charge in [-0.05, 0) is 0 Å². The smallest absolute Gasteiger partial charge is 0.274 e. The Morgan fingerprint density at radius 3 is 0.900 bits per heavy atom. The molecule has 10 heavy (non-hydrogen) atoms. The molecule has 0 bridgehead atoms. The van der Waals surface area contributed by atoms with E-state index in [0.29, 0.717) is 0 Å². The third-order valence-corrected chi connectivity index (χ3v) is 0. The lowest BCUT2D eigenvalue weighted by molar-refractivity contribution is 0.381. The van der Waals surface area contributed by atoms with Gasteiger partial charge < -0.3 is 0 Å². The molecule has 0 unspecified atom stereocenters. The van der Waals surface area contributed by atoms with Crippen molar-refractivity contribution in [3.8, 4) is 0 Å². The zero-order chi connectivity index (χ0) is 9.00. The molecule has 8 nitrogen and oxygen atoms in total. The highest BCUT2D eigenvalue weighted by atomic mass is 32.3. The highest BCUT2D eigenvalue weighted by Crippen LogP contribution is 1.59. The Hall–Kier alpha value is -0.260. The van der Waals surface area contributed by atoms with Gasteiger partial charge in [0.15, 0.2) is 0 Å². The molecule has 5 N–H and O–H groups in total. The van der Waals surface area contributed by atoms with E-state index in [1.54, 1.807) is 0 Å². The van der Waals surface area contributed by atoms with Crippen LogP contribution in [0.15, 0.2) is 0 Å². The second-order valence-corrected chi connectivity index (χ2v) is 2.89. The molecule has 0 saturated carbocycles. The van der Waals surface area contributed by atoms with Crippen molar-refractivity contribution in [3.05, 3.63) is 0 Å². The Morgan fingerprint density at radius 2 is 0.900 bits per heavy atom. The maximum atomic E-state index is 8.97. The molecule has 0 heterocycles. The Morgan fingerprint density at radius 1 is 0.900 bits per heavy atom. The predicted octanol–water partition coefficient (Wildman–Crippen LogP) is -1.90. The van der Waals surface area contributed by atoms with E-state index in [2.05, 4.69) is 5.14 Å². The second-order valence-electron chi connectivity index (χ2n) is 0.963. The van der Waals surface area contributed by atoms with E-state index in [-0.39, 0.29) is 0 Å². The van der Waals surface area contributed by atoms with E-state index < -0.39 is 20.7 Å². The van der Waals surface area contributed by atoms with Crippen molar-refractivity contribution in [1.29, 1.82) is 0 Å². The molecular weight excluding hydrogens is 190 g/mol. The average Bonchev–Trinajstić information content (AvgIpc) is 1.12. The lowest BCUT2D eigenvalue weighted by atomic mass is 13.9. The minimum absolute atomic E-state index is 3.88. The van der Waals surface area contributed by atoms with E-state index in [1.807, 2.05) is 0 Å². The molecule has 0 aliphatic heterocycles. The van der Waals surface area contributed by atoms with Gasteiger partial charge in [0.1, 0.15) is 0 Å². The minimum Gasteiger partial charge on any atom is -0.274 e. The molecule has 64 valence electrons. The lowest BCUT2D eigenvalue weighted by Crippen LogP contribution is -2.08. The van der Waals surface area contributed by atoms with Gasteiger partial charge in [-0.1, -0.05) is 0 Å². The van der Waals surface area contributed by atoms with Gasteiger partial charge in [0.05, 0.1) is 0 Å². The van der Waals surface area contributed by atoms with Gasteiger partial charge in [0, 0.05) is 0 Å². The fourth-order valence-corrected chi connectivity index (χ4v) is 0. The summed E-state index contributed by atoms with van der Waals surface area (Å²) in [7, 11) is -8.83. The van der Waals surface area contributed by atoms with E-state index >= 15 is 0 Å². The van der Waals surface area contributed by atoms with Gasteiger partial charge >= 0.3 is 20.7 Å². The minimum atomic E-state index is -4.67. The molecule has 0 atom stereocenters. The predicted molar refractivity (Wildman–Crippen MR) is 29.9 cm³/mol. The van der Waals surface area contributed by atoms with Crippen molar-refractivity contribution >= 4 is 20.7 Å². The monoisotopic (exact) mass is 195 g/mol. The number of rotatable bonds is 0. The lowest BCUT2D eigenvalue weighted by Gasteiger charge is -1.70. The summed E-state index contributed by atoms with van der Waals surface area (Å²) in [5, 5.41) is 3.88. The molecule has 0 rings (SSSR count). The Kier molecular flexibility index (Phi) is 4.72. The quantitative estimate of drug-likeness (QED) is 0.329. The molecule has 0 saturated heterocycles. The van der Waals surface area contributed by atoms with Crippen LogP contribution in [-0.2, 0) is 20.7 Å². The second kappa shape index (κ2) is 3.80. The summed E-state index contributed by atoms with van der Waals surface area (Å²) >= 11 is 0. The molecule has 0 aromatic heterocycles. The van der Waals surface area contributed by atoms with Crippen molar-refractivity contribution < 1.29 is 30.5 Å². The number of nitrogens with two attached hydrogens (primary N) is 1. The van der Waals surface area contributed by atoms with E-state index in [1.165, 1.54) is 0 Å². The summed E-state index contributed by atoms with van der Waals surface area (Å²) in [5.74, 6) is 0. The molecule has 0 radical (unpaired) electrons. The first-order valence-corrected chi connectivity index (χ1v) is 4.35. The van der Waals surface area contributed by atoms with Crippen molar-refractivity contribution in [2.75, 3.05) is 0 Å². The van der Waals surface area contributed by atoms with Crippen LogP contribution in [0.1, 0.15) is 0 Å². The summed E-state index contributed by atoms with van der Waals surface area (Å²) in [5.41, 5.74) is 0. The maximum Gasteiger partial charge on any atom is 0.394 e.